The zero-order valence-electron chi connectivity index (χ0n) is 16.1. The molecule has 1 saturated carbocycles. The van der Waals surface area contributed by atoms with Crippen LogP contribution in [0.15, 0.2) is 18.2 Å². The molecule has 29 heavy (non-hydrogen) atoms. The van der Waals surface area contributed by atoms with Gasteiger partial charge in [-0.3, -0.25) is 24.5 Å². The summed E-state index contributed by atoms with van der Waals surface area (Å²) < 4.78 is 0. The summed E-state index contributed by atoms with van der Waals surface area (Å²) >= 11 is 0. The molecule has 0 unspecified atom stereocenters. The highest BCUT2D eigenvalue weighted by Crippen LogP contribution is 2.41. The molecular weight excluding hydrogens is 376 g/mol. The first-order valence-electron chi connectivity index (χ1n) is 10.2. The minimum absolute atomic E-state index is 0.185. The van der Waals surface area contributed by atoms with Gasteiger partial charge in [-0.05, 0) is 44.2 Å². The molecule has 9 heteroatoms. The van der Waals surface area contributed by atoms with E-state index in [-0.39, 0.29) is 46.6 Å². The molecule has 2 aliphatic heterocycles. The van der Waals surface area contributed by atoms with Crippen LogP contribution in [0.5, 0.6) is 0 Å². The lowest BCUT2D eigenvalue weighted by atomic mass is 9.81. The van der Waals surface area contributed by atoms with Gasteiger partial charge in [0, 0.05) is 12.6 Å². The van der Waals surface area contributed by atoms with E-state index in [9.17, 15) is 24.5 Å². The van der Waals surface area contributed by atoms with Gasteiger partial charge in [0.15, 0.2) is 0 Å². The zero-order chi connectivity index (χ0) is 20.5. The van der Waals surface area contributed by atoms with Crippen molar-refractivity contribution in [2.45, 2.75) is 51.0 Å². The average Bonchev–Trinajstić information content (AvgIpc) is 2.83. The van der Waals surface area contributed by atoms with E-state index in [1.807, 2.05) is 0 Å². The largest absolute Gasteiger partial charge is 0.368 e. The molecule has 1 aliphatic carbocycles. The lowest BCUT2D eigenvalue weighted by Gasteiger charge is -2.19. The molecule has 2 N–H and O–H groups in total. The summed E-state index contributed by atoms with van der Waals surface area (Å²) in [6.07, 6.45) is 5.49. The van der Waals surface area contributed by atoms with Gasteiger partial charge in [-0.1, -0.05) is 12.8 Å². The summed E-state index contributed by atoms with van der Waals surface area (Å²) in [5, 5.41) is 17.4. The van der Waals surface area contributed by atoms with Crippen molar-refractivity contribution in [2.24, 2.45) is 11.8 Å². The van der Waals surface area contributed by atoms with E-state index in [1.165, 1.54) is 18.2 Å². The second-order valence-electron chi connectivity index (χ2n) is 7.95. The van der Waals surface area contributed by atoms with Crippen LogP contribution in [-0.4, -0.2) is 35.2 Å². The Hall–Kier alpha value is -2.97. The smallest absolute Gasteiger partial charge is 0.294 e. The topological polar surface area (TPSA) is 122 Å². The predicted octanol–water partition coefficient (Wildman–Crippen LogP) is 2.35. The molecule has 0 spiro atoms. The van der Waals surface area contributed by atoms with Crippen LogP contribution in [-0.2, 0) is 14.4 Å². The van der Waals surface area contributed by atoms with Crippen molar-refractivity contribution in [1.29, 1.82) is 0 Å². The number of carbonyl (C=O) groups is 3. The van der Waals surface area contributed by atoms with Crippen molar-refractivity contribution in [2.75, 3.05) is 16.8 Å². The fraction of sp³-hybridized carbons (Fsp3) is 0.550. The van der Waals surface area contributed by atoms with Crippen molar-refractivity contribution in [3.05, 3.63) is 28.3 Å². The average molecular weight is 400 g/mol. The molecule has 3 amide bonds. The maximum Gasteiger partial charge on any atom is 0.294 e. The Morgan fingerprint density at radius 2 is 1.66 bits per heavy atom. The van der Waals surface area contributed by atoms with Crippen LogP contribution in [0, 0.1) is 22.0 Å². The van der Waals surface area contributed by atoms with Gasteiger partial charge in [0.1, 0.15) is 11.7 Å². The third kappa shape index (κ3) is 3.56. The molecule has 0 aromatic heterocycles. The van der Waals surface area contributed by atoms with Crippen LogP contribution < -0.4 is 15.5 Å². The van der Waals surface area contributed by atoms with E-state index >= 15 is 0 Å². The highest BCUT2D eigenvalue weighted by atomic mass is 16.6. The van der Waals surface area contributed by atoms with Gasteiger partial charge < -0.3 is 10.6 Å². The molecule has 9 nitrogen and oxygen atoms in total. The van der Waals surface area contributed by atoms with Gasteiger partial charge in [-0.25, -0.2) is 4.90 Å². The molecule has 2 saturated heterocycles. The van der Waals surface area contributed by atoms with Crippen molar-refractivity contribution in [3.8, 4) is 0 Å². The maximum atomic E-state index is 12.8. The first-order valence-corrected chi connectivity index (χ1v) is 10.2. The second-order valence-corrected chi connectivity index (χ2v) is 7.95. The van der Waals surface area contributed by atoms with Crippen LogP contribution in [0.25, 0.3) is 0 Å². The van der Waals surface area contributed by atoms with Crippen LogP contribution in [0.1, 0.15) is 44.9 Å². The van der Waals surface area contributed by atoms with Crippen LogP contribution in [0.2, 0.25) is 0 Å². The number of amides is 3. The van der Waals surface area contributed by atoms with E-state index < -0.39 is 11.0 Å². The number of imide groups is 1. The number of nitro benzene ring substituents is 1. The highest BCUT2D eigenvalue weighted by molar-refractivity contribution is 6.22. The number of anilines is 2. The number of fused-ring (bicyclic) bond motifs is 1. The van der Waals surface area contributed by atoms with E-state index in [4.69, 9.17) is 0 Å². The van der Waals surface area contributed by atoms with Gasteiger partial charge in [-0.15, -0.1) is 0 Å². The molecule has 2 heterocycles. The summed E-state index contributed by atoms with van der Waals surface area (Å²) in [4.78, 5) is 49.9. The Kier molecular flexibility index (Phi) is 5.21. The number of hydrogen-bond acceptors (Lipinski definition) is 6. The van der Waals surface area contributed by atoms with Gasteiger partial charge >= 0.3 is 0 Å². The lowest BCUT2D eigenvalue weighted by Crippen LogP contribution is -2.38. The van der Waals surface area contributed by atoms with Gasteiger partial charge in [0.2, 0.25) is 17.7 Å². The summed E-state index contributed by atoms with van der Waals surface area (Å²) in [6.45, 7) is 0.597. The molecule has 0 bridgehead atoms. The minimum atomic E-state index is -0.557. The molecule has 154 valence electrons. The van der Waals surface area contributed by atoms with Gasteiger partial charge in [0.05, 0.1) is 22.4 Å². The second kappa shape index (κ2) is 7.81. The predicted molar refractivity (Wildman–Crippen MR) is 105 cm³/mol. The van der Waals surface area contributed by atoms with Gasteiger partial charge in [-0.2, -0.15) is 0 Å². The molecule has 1 aromatic rings. The number of nitrogens with zero attached hydrogens (tertiary/aromatic N) is 2. The van der Waals surface area contributed by atoms with E-state index in [0.717, 1.165) is 30.6 Å². The summed E-state index contributed by atoms with van der Waals surface area (Å²) in [5.74, 6) is -1.35. The number of nitro groups is 1. The van der Waals surface area contributed by atoms with Crippen molar-refractivity contribution in [1.82, 2.24) is 5.32 Å². The number of nitrogens with one attached hydrogen (secondary N) is 2. The third-order valence-corrected chi connectivity index (χ3v) is 6.14. The fourth-order valence-electron chi connectivity index (χ4n) is 4.61. The first-order chi connectivity index (χ1) is 14.0. The van der Waals surface area contributed by atoms with Crippen LogP contribution in [0.3, 0.4) is 0 Å². The molecular formula is C20H24N4O5. The van der Waals surface area contributed by atoms with Crippen molar-refractivity contribution in [3.63, 3.8) is 0 Å². The number of benzene rings is 1. The van der Waals surface area contributed by atoms with Crippen LogP contribution in [0.4, 0.5) is 17.1 Å². The van der Waals surface area contributed by atoms with Crippen molar-refractivity contribution >= 4 is 34.8 Å². The van der Waals surface area contributed by atoms with Crippen LogP contribution >= 0.6 is 0 Å². The molecule has 3 fully saturated rings. The first kappa shape index (κ1) is 19.4. The van der Waals surface area contributed by atoms with E-state index in [1.54, 1.807) is 0 Å². The van der Waals surface area contributed by atoms with E-state index in [0.29, 0.717) is 25.8 Å². The fourth-order valence-corrected chi connectivity index (χ4v) is 4.61. The number of carbonyl (C=O) groups excluding carboxylic acids is 3. The summed E-state index contributed by atoms with van der Waals surface area (Å²) in [6, 6.07) is 3.72. The Balaban J connectivity index is 1.62. The van der Waals surface area contributed by atoms with Crippen molar-refractivity contribution < 1.29 is 19.3 Å². The molecule has 3 aliphatic rings. The minimum Gasteiger partial charge on any atom is -0.368 e. The number of hydrogen-bond donors (Lipinski definition) is 2. The van der Waals surface area contributed by atoms with Gasteiger partial charge in [0.25, 0.3) is 5.69 Å². The molecule has 3 atom stereocenters. The highest BCUT2D eigenvalue weighted by Gasteiger charge is 2.49. The Bertz CT molecular complexity index is 846. The SMILES string of the molecule is O=C1NCCCC[C@@H]1Nc1ccc(N2C(=O)[C@@H]3CCCC[C@H]3C2=O)cc1[N+](=O)[O-]. The zero-order valence-corrected chi connectivity index (χ0v) is 16.1. The molecule has 4 rings (SSSR count). The molecule has 0 radical (unpaired) electrons. The standard InChI is InChI=1S/C20H24N4O5/c25-18-16(7-3-4-10-21-18)22-15-9-8-12(11-17(15)24(28)29)23-19(26)13-5-1-2-6-14(13)20(23)27/h8-9,11,13-14,16,22H,1-7,10H2,(H,21,25)/t13-,14-,16+/m1/s1. The summed E-state index contributed by atoms with van der Waals surface area (Å²) in [7, 11) is 0. The quantitative estimate of drug-likeness (QED) is 0.455. The maximum absolute atomic E-state index is 12.8. The normalized spacial score (nSPS) is 27.2. The summed E-state index contributed by atoms with van der Waals surface area (Å²) in [5.41, 5.74) is 0.171. The number of rotatable bonds is 4. The Morgan fingerprint density at radius 3 is 2.31 bits per heavy atom. The Morgan fingerprint density at radius 1 is 1.00 bits per heavy atom. The lowest BCUT2D eigenvalue weighted by molar-refractivity contribution is -0.383. The monoisotopic (exact) mass is 400 g/mol. The Labute approximate surface area is 168 Å². The van der Waals surface area contributed by atoms with E-state index in [2.05, 4.69) is 10.6 Å². The third-order valence-electron chi connectivity index (χ3n) is 6.14. The molecule has 1 aromatic carbocycles.